The van der Waals surface area contributed by atoms with Gasteiger partial charge in [-0.1, -0.05) is 24.3 Å². The number of fused-ring (bicyclic) bond motifs is 3. The van der Waals surface area contributed by atoms with E-state index in [1.165, 1.54) is 58.8 Å². The Balaban J connectivity index is 1.32. The third-order valence-electron chi connectivity index (χ3n) is 6.12. The standard InChI is InChI=1S/C22H26N4S/c1-25(2)17-7-9-26(10-8-17)14-15-5-6-18-16(12-15)13-19-21(18)23-24-22(19)20-4-3-11-27-20/h3-6,11-12,17H,7-10,13-14H2,1-2H3,(H,23,24). The molecule has 2 aliphatic rings. The molecule has 3 aromatic rings. The van der Waals surface area contributed by atoms with Crippen molar-refractivity contribution in [1.29, 1.82) is 0 Å². The molecule has 2 aromatic heterocycles. The highest BCUT2D eigenvalue weighted by molar-refractivity contribution is 7.13. The fourth-order valence-electron chi connectivity index (χ4n) is 4.56. The van der Waals surface area contributed by atoms with Gasteiger partial charge in [0.1, 0.15) is 5.69 Å². The molecule has 27 heavy (non-hydrogen) atoms. The Morgan fingerprint density at radius 2 is 2.07 bits per heavy atom. The molecule has 3 heterocycles. The zero-order valence-electron chi connectivity index (χ0n) is 16.0. The number of likely N-dealkylation sites (tertiary alicyclic amines) is 1. The van der Waals surface area contributed by atoms with E-state index < -0.39 is 0 Å². The summed E-state index contributed by atoms with van der Waals surface area (Å²) < 4.78 is 0. The maximum Gasteiger partial charge on any atom is 0.106 e. The number of nitrogens with one attached hydrogen (secondary N) is 1. The van der Waals surface area contributed by atoms with Crippen LogP contribution in [-0.4, -0.2) is 53.2 Å². The molecule has 1 N–H and O–H groups in total. The quantitative estimate of drug-likeness (QED) is 0.577. The van der Waals surface area contributed by atoms with Crippen LogP contribution < -0.4 is 0 Å². The second-order valence-corrected chi connectivity index (χ2v) is 8.99. The zero-order valence-corrected chi connectivity index (χ0v) is 16.9. The first-order chi connectivity index (χ1) is 13.2. The van der Waals surface area contributed by atoms with E-state index >= 15 is 0 Å². The minimum absolute atomic E-state index is 0.745. The van der Waals surface area contributed by atoms with Gasteiger partial charge in [0.2, 0.25) is 0 Å². The summed E-state index contributed by atoms with van der Waals surface area (Å²) in [7, 11) is 4.41. The summed E-state index contributed by atoms with van der Waals surface area (Å²) in [6.07, 6.45) is 3.54. The van der Waals surface area contributed by atoms with Crippen molar-refractivity contribution in [2.24, 2.45) is 0 Å². The summed E-state index contributed by atoms with van der Waals surface area (Å²) in [6, 6.07) is 12.0. The molecule has 1 fully saturated rings. The lowest BCUT2D eigenvalue weighted by Crippen LogP contribution is -2.41. The van der Waals surface area contributed by atoms with Gasteiger partial charge in [0.25, 0.3) is 0 Å². The van der Waals surface area contributed by atoms with E-state index in [0.717, 1.165) is 24.7 Å². The molecule has 0 amide bonds. The molecule has 4 nitrogen and oxygen atoms in total. The van der Waals surface area contributed by atoms with Gasteiger partial charge >= 0.3 is 0 Å². The van der Waals surface area contributed by atoms with Gasteiger partial charge in [0.15, 0.2) is 0 Å². The Morgan fingerprint density at radius 1 is 1.22 bits per heavy atom. The molecule has 0 radical (unpaired) electrons. The van der Waals surface area contributed by atoms with Crippen molar-refractivity contribution in [2.45, 2.75) is 31.8 Å². The Morgan fingerprint density at radius 3 is 2.81 bits per heavy atom. The Bertz CT molecular complexity index is 933. The maximum atomic E-state index is 4.59. The third kappa shape index (κ3) is 3.14. The van der Waals surface area contributed by atoms with Crippen molar-refractivity contribution in [3.05, 3.63) is 52.4 Å². The SMILES string of the molecule is CN(C)C1CCN(Cc2ccc3c(c2)Cc2c(-c4cccs4)n[nH]c2-3)CC1. The van der Waals surface area contributed by atoms with Gasteiger partial charge in [-0.15, -0.1) is 11.3 Å². The summed E-state index contributed by atoms with van der Waals surface area (Å²) in [6.45, 7) is 3.47. The van der Waals surface area contributed by atoms with Crippen LogP contribution in [0.3, 0.4) is 0 Å². The summed E-state index contributed by atoms with van der Waals surface area (Å²) in [5, 5.41) is 10.00. The monoisotopic (exact) mass is 378 g/mol. The van der Waals surface area contributed by atoms with E-state index in [1.54, 1.807) is 11.3 Å². The lowest BCUT2D eigenvalue weighted by atomic mass is 10.0. The third-order valence-corrected chi connectivity index (χ3v) is 7.00. The van der Waals surface area contributed by atoms with Crippen molar-refractivity contribution < 1.29 is 0 Å². The van der Waals surface area contributed by atoms with Crippen LogP contribution in [0.5, 0.6) is 0 Å². The van der Waals surface area contributed by atoms with Gasteiger partial charge in [-0.05, 0) is 62.6 Å². The largest absolute Gasteiger partial charge is 0.306 e. The number of piperidine rings is 1. The Labute approximate surface area is 164 Å². The molecule has 140 valence electrons. The molecule has 5 rings (SSSR count). The van der Waals surface area contributed by atoms with Gasteiger partial charge in [-0.2, -0.15) is 5.10 Å². The van der Waals surface area contributed by atoms with Crippen LogP contribution in [0.15, 0.2) is 35.7 Å². The molecule has 1 aliphatic heterocycles. The van der Waals surface area contributed by atoms with Crippen molar-refractivity contribution in [2.75, 3.05) is 27.2 Å². The molecule has 0 spiro atoms. The lowest BCUT2D eigenvalue weighted by molar-refractivity contribution is 0.140. The van der Waals surface area contributed by atoms with Crippen LogP contribution in [-0.2, 0) is 13.0 Å². The van der Waals surface area contributed by atoms with Gasteiger partial charge < -0.3 is 4.90 Å². The Hall–Kier alpha value is -1.95. The molecule has 0 atom stereocenters. The molecule has 0 unspecified atom stereocenters. The number of hydrogen-bond donors (Lipinski definition) is 1. The van der Waals surface area contributed by atoms with Crippen LogP contribution in [0.2, 0.25) is 0 Å². The molecule has 1 aliphatic carbocycles. The number of benzene rings is 1. The molecule has 0 saturated carbocycles. The Kier molecular flexibility index (Phi) is 4.38. The first-order valence-electron chi connectivity index (χ1n) is 9.81. The van der Waals surface area contributed by atoms with E-state index in [4.69, 9.17) is 0 Å². The number of H-pyrrole nitrogens is 1. The van der Waals surface area contributed by atoms with Crippen molar-refractivity contribution >= 4 is 11.3 Å². The summed E-state index contributed by atoms with van der Waals surface area (Å²) in [4.78, 5) is 6.23. The molecule has 1 aromatic carbocycles. The highest BCUT2D eigenvalue weighted by atomic mass is 32.1. The highest BCUT2D eigenvalue weighted by Crippen LogP contribution is 2.41. The second kappa shape index (κ2) is 6.89. The van der Waals surface area contributed by atoms with Crippen molar-refractivity contribution in [1.82, 2.24) is 20.0 Å². The normalized spacial score (nSPS) is 17.4. The smallest absolute Gasteiger partial charge is 0.106 e. The van der Waals surface area contributed by atoms with Gasteiger partial charge in [0, 0.05) is 30.1 Å². The first kappa shape index (κ1) is 17.2. The molecule has 5 heteroatoms. The highest BCUT2D eigenvalue weighted by Gasteiger charge is 2.26. The predicted octanol–water partition coefficient (Wildman–Crippen LogP) is 4.24. The molecule has 0 bridgehead atoms. The summed E-state index contributed by atoms with van der Waals surface area (Å²) in [5.74, 6) is 0. The van der Waals surface area contributed by atoms with E-state index in [2.05, 4.69) is 69.8 Å². The van der Waals surface area contributed by atoms with Gasteiger partial charge in [0.05, 0.1) is 10.6 Å². The zero-order chi connectivity index (χ0) is 18.4. The molecular formula is C22H26N4S. The predicted molar refractivity (Wildman–Crippen MR) is 112 cm³/mol. The molecule has 1 saturated heterocycles. The van der Waals surface area contributed by atoms with Crippen LogP contribution in [0.25, 0.3) is 21.8 Å². The minimum atomic E-state index is 0.745. The second-order valence-electron chi connectivity index (χ2n) is 8.04. The summed E-state index contributed by atoms with van der Waals surface area (Å²) in [5.41, 5.74) is 7.91. The fraction of sp³-hybridized carbons (Fsp3) is 0.409. The topological polar surface area (TPSA) is 35.2 Å². The van der Waals surface area contributed by atoms with Crippen molar-refractivity contribution in [3.63, 3.8) is 0 Å². The average molecular weight is 379 g/mol. The minimum Gasteiger partial charge on any atom is -0.306 e. The van der Waals surface area contributed by atoms with Crippen LogP contribution >= 0.6 is 11.3 Å². The van der Waals surface area contributed by atoms with Crippen LogP contribution in [0.1, 0.15) is 29.5 Å². The molecular weight excluding hydrogens is 352 g/mol. The lowest BCUT2D eigenvalue weighted by Gasteiger charge is -2.35. The van der Waals surface area contributed by atoms with E-state index in [-0.39, 0.29) is 0 Å². The van der Waals surface area contributed by atoms with Gasteiger partial charge in [-0.3, -0.25) is 10.00 Å². The number of nitrogens with zero attached hydrogens (tertiary/aromatic N) is 3. The first-order valence-corrected chi connectivity index (χ1v) is 10.7. The number of aromatic nitrogens is 2. The van der Waals surface area contributed by atoms with Crippen LogP contribution in [0.4, 0.5) is 0 Å². The fourth-order valence-corrected chi connectivity index (χ4v) is 5.30. The average Bonchev–Trinajstić information content (AvgIpc) is 3.38. The number of rotatable bonds is 4. The van der Waals surface area contributed by atoms with E-state index in [9.17, 15) is 0 Å². The maximum absolute atomic E-state index is 4.59. The van der Waals surface area contributed by atoms with Crippen molar-refractivity contribution in [3.8, 4) is 21.8 Å². The van der Waals surface area contributed by atoms with Gasteiger partial charge in [-0.25, -0.2) is 0 Å². The summed E-state index contributed by atoms with van der Waals surface area (Å²) >= 11 is 1.76. The van der Waals surface area contributed by atoms with E-state index in [1.807, 2.05) is 0 Å². The number of thiophene rings is 1. The van der Waals surface area contributed by atoms with Crippen LogP contribution in [0, 0.1) is 0 Å². The number of hydrogen-bond acceptors (Lipinski definition) is 4. The number of aromatic amines is 1. The van der Waals surface area contributed by atoms with E-state index in [0.29, 0.717) is 0 Å².